The number of amides is 1. The molecule has 1 aromatic heterocycles. The Kier molecular flexibility index (Phi) is 8.25. The van der Waals surface area contributed by atoms with E-state index in [9.17, 15) is 9.18 Å². The molecule has 0 radical (unpaired) electrons. The summed E-state index contributed by atoms with van der Waals surface area (Å²) in [4.78, 5) is 17.5. The first-order valence-corrected chi connectivity index (χ1v) is 13.8. The number of carbonyl (C=O) groups is 1. The third-order valence-electron chi connectivity index (χ3n) is 6.87. The Morgan fingerprint density at radius 1 is 1.05 bits per heavy atom. The van der Waals surface area contributed by atoms with Gasteiger partial charge >= 0.3 is 0 Å². The van der Waals surface area contributed by atoms with Crippen molar-refractivity contribution in [3.63, 3.8) is 0 Å². The summed E-state index contributed by atoms with van der Waals surface area (Å²) < 4.78 is 14.2. The zero-order valence-electron chi connectivity index (χ0n) is 21.3. The molecule has 2 heterocycles. The van der Waals surface area contributed by atoms with E-state index < -0.39 is 0 Å². The standard InChI is InChI=1S/C31H29ClFN4OP/c32-30(34)18-36-28-13-10-23(39)16-26(28)21-8-11-27(35-17-21)24-6-1-2-7-31(38)37-29-12-9-22(33)15-25(29)20-5-3-4-19(24)14-20/h3-5,8-18,24,36H,1-2,6-7,34,39H2,(H,37,38)/b30-18-. The number of pyridine rings is 1. The molecule has 0 fully saturated rings. The number of rotatable bonds is 4. The number of nitrogens with one attached hydrogen (secondary N) is 2. The lowest BCUT2D eigenvalue weighted by atomic mass is 9.87. The van der Waals surface area contributed by atoms with E-state index in [4.69, 9.17) is 22.3 Å². The minimum absolute atomic E-state index is 0.0307. The highest BCUT2D eigenvalue weighted by atomic mass is 35.5. The molecule has 39 heavy (non-hydrogen) atoms. The Balaban J connectivity index is 1.52. The molecule has 4 N–H and O–H groups in total. The van der Waals surface area contributed by atoms with Gasteiger partial charge in [-0.05, 0) is 65.7 Å². The average Bonchev–Trinajstić information content (AvgIpc) is 2.93. The number of halogens is 2. The maximum atomic E-state index is 14.2. The zero-order valence-corrected chi connectivity index (χ0v) is 23.2. The average molecular weight is 559 g/mol. The molecule has 0 saturated heterocycles. The van der Waals surface area contributed by atoms with Gasteiger partial charge in [0.2, 0.25) is 5.91 Å². The summed E-state index contributed by atoms with van der Waals surface area (Å²) in [6.45, 7) is 0. The van der Waals surface area contributed by atoms with Gasteiger partial charge in [0, 0.05) is 58.5 Å². The van der Waals surface area contributed by atoms with Crippen molar-refractivity contribution in [1.82, 2.24) is 4.98 Å². The van der Waals surface area contributed by atoms with Crippen LogP contribution in [-0.2, 0) is 4.79 Å². The fourth-order valence-corrected chi connectivity index (χ4v) is 5.28. The van der Waals surface area contributed by atoms with Gasteiger partial charge < -0.3 is 16.4 Å². The van der Waals surface area contributed by atoms with Crippen LogP contribution in [0.3, 0.4) is 0 Å². The SMILES string of the molecule is N/C(Cl)=C\Nc1ccc(P)cc1-c1ccc(C2CCCCC(=O)Nc3ccc(F)cc3-c3cccc2c3)nc1. The summed E-state index contributed by atoms with van der Waals surface area (Å²) >= 11 is 5.82. The van der Waals surface area contributed by atoms with Crippen molar-refractivity contribution in [2.24, 2.45) is 5.73 Å². The molecule has 2 bridgehead atoms. The molecule has 2 unspecified atom stereocenters. The second-order valence-electron chi connectivity index (χ2n) is 9.61. The zero-order chi connectivity index (χ0) is 27.4. The number of hydrogen-bond donors (Lipinski definition) is 3. The second kappa shape index (κ2) is 12.0. The lowest BCUT2D eigenvalue weighted by Gasteiger charge is -2.20. The van der Waals surface area contributed by atoms with E-state index in [0.29, 0.717) is 17.7 Å². The van der Waals surface area contributed by atoms with Crippen molar-refractivity contribution in [3.05, 3.63) is 107 Å². The van der Waals surface area contributed by atoms with Gasteiger partial charge in [0.1, 0.15) is 11.0 Å². The van der Waals surface area contributed by atoms with Gasteiger partial charge in [0.15, 0.2) is 0 Å². The van der Waals surface area contributed by atoms with Gasteiger partial charge in [-0.3, -0.25) is 9.78 Å². The normalized spacial score (nSPS) is 15.9. The summed E-state index contributed by atoms with van der Waals surface area (Å²) in [5.41, 5.74) is 12.6. The van der Waals surface area contributed by atoms with Gasteiger partial charge in [-0.1, -0.05) is 54.4 Å². The number of hydrogen-bond acceptors (Lipinski definition) is 4. The van der Waals surface area contributed by atoms with E-state index in [1.165, 1.54) is 12.1 Å². The number of anilines is 2. The summed E-state index contributed by atoms with van der Waals surface area (Å²) in [5, 5.41) is 7.33. The van der Waals surface area contributed by atoms with E-state index in [1.807, 2.05) is 30.5 Å². The Morgan fingerprint density at radius 2 is 1.92 bits per heavy atom. The largest absolute Gasteiger partial charge is 0.388 e. The predicted octanol–water partition coefficient (Wildman–Crippen LogP) is 7.11. The third-order valence-corrected chi connectivity index (χ3v) is 7.33. The quantitative estimate of drug-likeness (QED) is 0.184. The van der Waals surface area contributed by atoms with Crippen LogP contribution in [0, 0.1) is 5.82 Å². The Labute approximate surface area is 234 Å². The number of carbonyl (C=O) groups excluding carboxylic acids is 1. The van der Waals surface area contributed by atoms with Gasteiger partial charge in [0.05, 0.1) is 0 Å². The maximum absolute atomic E-state index is 14.2. The van der Waals surface area contributed by atoms with Crippen LogP contribution in [0.1, 0.15) is 42.9 Å². The van der Waals surface area contributed by atoms with Gasteiger partial charge in [-0.25, -0.2) is 4.39 Å². The number of aromatic nitrogens is 1. The van der Waals surface area contributed by atoms with Crippen LogP contribution >= 0.6 is 20.8 Å². The summed E-state index contributed by atoms with van der Waals surface area (Å²) in [6, 6.07) is 22.7. The van der Waals surface area contributed by atoms with Gasteiger partial charge in [0.25, 0.3) is 0 Å². The highest BCUT2D eigenvalue weighted by Gasteiger charge is 2.19. The number of fused-ring (bicyclic) bond motifs is 4. The fourth-order valence-electron chi connectivity index (χ4n) is 4.96. The number of nitrogens with zero attached hydrogens (tertiary/aromatic N) is 1. The van der Waals surface area contributed by atoms with Crippen LogP contribution in [0.15, 0.2) is 90.3 Å². The molecule has 3 aromatic carbocycles. The smallest absolute Gasteiger partial charge is 0.224 e. The van der Waals surface area contributed by atoms with Gasteiger partial charge in [-0.2, -0.15) is 0 Å². The predicted molar refractivity (Wildman–Crippen MR) is 162 cm³/mol. The number of nitrogens with two attached hydrogens (primary N) is 1. The van der Waals surface area contributed by atoms with Crippen LogP contribution < -0.4 is 21.7 Å². The molecule has 4 aromatic rings. The van der Waals surface area contributed by atoms with E-state index >= 15 is 0 Å². The molecule has 0 spiro atoms. The molecule has 5 nitrogen and oxygen atoms in total. The Morgan fingerprint density at radius 3 is 2.72 bits per heavy atom. The first kappa shape index (κ1) is 26.9. The fraction of sp³-hybridized carbons (Fsp3) is 0.161. The Bertz CT molecular complexity index is 1540. The lowest BCUT2D eigenvalue weighted by Crippen LogP contribution is -2.13. The molecule has 2 atom stereocenters. The third kappa shape index (κ3) is 6.47. The summed E-state index contributed by atoms with van der Waals surface area (Å²) in [5.74, 6) is -0.379. The number of benzene rings is 3. The molecule has 1 aliphatic rings. The topological polar surface area (TPSA) is 80.0 Å². The van der Waals surface area contributed by atoms with Crippen molar-refractivity contribution in [2.45, 2.75) is 31.6 Å². The molecule has 1 aliphatic heterocycles. The lowest BCUT2D eigenvalue weighted by molar-refractivity contribution is -0.116. The molecular formula is C31H29ClFN4OP. The molecular weight excluding hydrogens is 530 g/mol. The highest BCUT2D eigenvalue weighted by molar-refractivity contribution is 7.27. The van der Waals surface area contributed by atoms with Crippen molar-refractivity contribution in [3.8, 4) is 22.3 Å². The van der Waals surface area contributed by atoms with Crippen LogP contribution in [-0.4, -0.2) is 10.9 Å². The van der Waals surface area contributed by atoms with Crippen LogP contribution in [0.4, 0.5) is 15.8 Å². The second-order valence-corrected chi connectivity index (χ2v) is 10.7. The first-order chi connectivity index (χ1) is 18.9. The minimum atomic E-state index is -0.345. The summed E-state index contributed by atoms with van der Waals surface area (Å²) in [7, 11) is 2.72. The van der Waals surface area contributed by atoms with Crippen molar-refractivity contribution < 1.29 is 9.18 Å². The van der Waals surface area contributed by atoms with E-state index in [0.717, 1.165) is 58.2 Å². The van der Waals surface area contributed by atoms with E-state index in [-0.39, 0.29) is 22.8 Å². The monoisotopic (exact) mass is 558 g/mol. The van der Waals surface area contributed by atoms with Crippen LogP contribution in [0.2, 0.25) is 0 Å². The summed E-state index contributed by atoms with van der Waals surface area (Å²) in [6.07, 6.45) is 6.30. The van der Waals surface area contributed by atoms with Crippen LogP contribution in [0.5, 0.6) is 0 Å². The minimum Gasteiger partial charge on any atom is -0.388 e. The molecule has 1 amide bonds. The molecule has 198 valence electrons. The Hall–Kier alpha value is -3.73. The first-order valence-electron chi connectivity index (χ1n) is 12.8. The molecule has 0 saturated carbocycles. The molecule has 8 heteroatoms. The van der Waals surface area contributed by atoms with Crippen molar-refractivity contribution in [1.29, 1.82) is 0 Å². The van der Waals surface area contributed by atoms with E-state index in [2.05, 4.69) is 50.2 Å². The highest BCUT2D eigenvalue weighted by Crippen LogP contribution is 2.36. The van der Waals surface area contributed by atoms with Crippen molar-refractivity contribution in [2.75, 3.05) is 10.6 Å². The molecule has 5 rings (SSSR count). The van der Waals surface area contributed by atoms with Crippen molar-refractivity contribution >= 4 is 43.4 Å². The van der Waals surface area contributed by atoms with E-state index in [1.54, 1.807) is 12.3 Å². The maximum Gasteiger partial charge on any atom is 0.224 e. The molecule has 0 aliphatic carbocycles. The van der Waals surface area contributed by atoms with Gasteiger partial charge in [-0.15, -0.1) is 9.24 Å². The van der Waals surface area contributed by atoms with Crippen LogP contribution in [0.25, 0.3) is 22.3 Å².